The Bertz CT molecular complexity index is 1190. The number of hydrogen-bond donors (Lipinski definition) is 1. The first-order valence-corrected chi connectivity index (χ1v) is 14.1. The van der Waals surface area contributed by atoms with Crippen molar-refractivity contribution in [1.82, 2.24) is 10.2 Å². The summed E-state index contributed by atoms with van der Waals surface area (Å²) in [7, 11) is 0. The Morgan fingerprint density at radius 3 is 2.16 bits per heavy atom. The second-order valence-electron chi connectivity index (χ2n) is 10.5. The van der Waals surface area contributed by atoms with E-state index in [1.54, 1.807) is 16.7 Å². The third kappa shape index (κ3) is 9.24. The number of hydrogen-bond acceptors (Lipinski definition) is 3. The van der Waals surface area contributed by atoms with Gasteiger partial charge in [-0.1, -0.05) is 89.5 Å². The van der Waals surface area contributed by atoms with Gasteiger partial charge in [0.25, 0.3) is 0 Å². The molecule has 3 aromatic carbocycles. The van der Waals surface area contributed by atoms with E-state index in [2.05, 4.69) is 37.4 Å². The van der Waals surface area contributed by atoms with E-state index in [9.17, 15) is 9.59 Å². The van der Waals surface area contributed by atoms with Gasteiger partial charge in [-0.15, -0.1) is 11.8 Å². The molecule has 0 spiro atoms. The lowest BCUT2D eigenvalue weighted by Crippen LogP contribution is -2.54. The average molecular weight is 537 g/mol. The van der Waals surface area contributed by atoms with Crippen molar-refractivity contribution >= 4 is 35.2 Å². The summed E-state index contributed by atoms with van der Waals surface area (Å²) in [5.74, 6) is 0.743. The van der Waals surface area contributed by atoms with Crippen LogP contribution in [0.4, 0.5) is 0 Å². The van der Waals surface area contributed by atoms with Gasteiger partial charge in [0, 0.05) is 29.3 Å². The number of aryl methyl sites for hydroxylation is 2. The van der Waals surface area contributed by atoms with Gasteiger partial charge < -0.3 is 10.2 Å². The fraction of sp³-hybridized carbons (Fsp3) is 0.355. The zero-order chi connectivity index (χ0) is 27.0. The molecule has 0 aromatic heterocycles. The minimum Gasteiger partial charge on any atom is -0.350 e. The molecule has 196 valence electrons. The molecule has 0 aliphatic carbocycles. The van der Waals surface area contributed by atoms with Crippen molar-refractivity contribution in [1.29, 1.82) is 0 Å². The van der Waals surface area contributed by atoms with E-state index >= 15 is 0 Å². The van der Waals surface area contributed by atoms with Gasteiger partial charge in [-0.3, -0.25) is 9.59 Å². The Morgan fingerprint density at radius 2 is 1.54 bits per heavy atom. The van der Waals surface area contributed by atoms with Crippen molar-refractivity contribution in [2.45, 2.75) is 64.9 Å². The summed E-state index contributed by atoms with van der Waals surface area (Å²) < 4.78 is 0. The Labute approximate surface area is 230 Å². The molecule has 0 aliphatic heterocycles. The predicted octanol–water partition coefficient (Wildman–Crippen LogP) is 6.74. The minimum absolute atomic E-state index is 0.0840. The fourth-order valence-corrected chi connectivity index (χ4v) is 5.35. The molecule has 3 aromatic rings. The van der Waals surface area contributed by atoms with E-state index < -0.39 is 11.6 Å². The predicted molar refractivity (Wildman–Crippen MR) is 156 cm³/mol. The Morgan fingerprint density at radius 1 is 0.919 bits per heavy atom. The Kier molecular flexibility index (Phi) is 10.2. The van der Waals surface area contributed by atoms with E-state index in [-0.39, 0.29) is 24.1 Å². The first-order valence-electron chi connectivity index (χ1n) is 12.6. The lowest BCUT2D eigenvalue weighted by Gasteiger charge is -2.34. The number of nitrogens with zero attached hydrogens (tertiary/aromatic N) is 1. The van der Waals surface area contributed by atoms with E-state index in [0.29, 0.717) is 11.4 Å². The van der Waals surface area contributed by atoms with Crippen LogP contribution in [0.2, 0.25) is 5.02 Å². The molecule has 1 atom stereocenters. The molecule has 0 unspecified atom stereocenters. The zero-order valence-electron chi connectivity index (χ0n) is 22.4. The first kappa shape index (κ1) is 28.8. The van der Waals surface area contributed by atoms with E-state index in [0.717, 1.165) is 16.9 Å². The number of halogens is 1. The molecule has 3 rings (SSSR count). The van der Waals surface area contributed by atoms with Crippen LogP contribution in [0, 0.1) is 13.8 Å². The average Bonchev–Trinajstić information content (AvgIpc) is 2.81. The number of rotatable bonds is 10. The quantitative estimate of drug-likeness (QED) is 0.312. The van der Waals surface area contributed by atoms with Crippen LogP contribution in [0.1, 0.15) is 48.6 Å². The van der Waals surface area contributed by atoms with E-state index in [1.165, 1.54) is 16.7 Å². The number of nitrogens with one attached hydrogen (secondary N) is 1. The minimum atomic E-state index is -0.674. The molecule has 1 N–H and O–H groups in total. The molecule has 0 fully saturated rings. The summed E-state index contributed by atoms with van der Waals surface area (Å²) in [5.41, 5.74) is 5.00. The van der Waals surface area contributed by atoms with Crippen molar-refractivity contribution < 1.29 is 9.59 Å². The molecule has 37 heavy (non-hydrogen) atoms. The molecule has 0 radical (unpaired) electrons. The Hall–Kier alpha value is -2.76. The molecule has 4 nitrogen and oxygen atoms in total. The summed E-state index contributed by atoms with van der Waals surface area (Å²) in [6.07, 6.45) is 0.417. The lowest BCUT2D eigenvalue weighted by atomic mass is 10.0. The number of carbonyl (C=O) groups is 2. The van der Waals surface area contributed by atoms with Crippen LogP contribution in [-0.4, -0.2) is 34.0 Å². The summed E-state index contributed by atoms with van der Waals surface area (Å²) >= 11 is 8.06. The highest BCUT2D eigenvalue weighted by atomic mass is 35.5. The lowest BCUT2D eigenvalue weighted by molar-refractivity contribution is -0.140. The van der Waals surface area contributed by atoms with Gasteiger partial charge in [0.05, 0.1) is 5.75 Å². The van der Waals surface area contributed by atoms with Gasteiger partial charge in [-0.25, -0.2) is 0 Å². The molecule has 6 heteroatoms. The van der Waals surface area contributed by atoms with Gasteiger partial charge >= 0.3 is 0 Å². The van der Waals surface area contributed by atoms with Gasteiger partial charge in [0.2, 0.25) is 11.8 Å². The monoisotopic (exact) mass is 536 g/mol. The van der Waals surface area contributed by atoms with E-state index in [1.807, 2.05) is 75.4 Å². The standard InChI is InChI=1S/C31H37ClN2O2S/c1-22-15-23(2)17-25(16-22)20-37-21-29(35)34(19-26-13-9-10-14-27(26)32)28(30(36)33-31(3,4)5)18-24-11-7-6-8-12-24/h6-17,28H,18-21H2,1-5H3,(H,33,36)/t28-/m0/s1. The van der Waals surface area contributed by atoms with Crippen molar-refractivity contribution in [3.05, 3.63) is 106 Å². The highest BCUT2D eigenvalue weighted by molar-refractivity contribution is 7.99. The van der Waals surface area contributed by atoms with Crippen LogP contribution in [0.5, 0.6) is 0 Å². The molecule has 0 saturated heterocycles. The van der Waals surface area contributed by atoms with Crippen molar-refractivity contribution in [2.75, 3.05) is 5.75 Å². The Balaban J connectivity index is 1.88. The van der Waals surface area contributed by atoms with Crippen LogP contribution < -0.4 is 5.32 Å². The maximum atomic E-state index is 13.8. The molecule has 0 bridgehead atoms. The number of carbonyl (C=O) groups excluding carboxylic acids is 2. The summed E-state index contributed by atoms with van der Waals surface area (Å²) in [6.45, 7) is 10.3. The third-order valence-corrected chi connectivity index (χ3v) is 7.20. The smallest absolute Gasteiger partial charge is 0.243 e. The van der Waals surface area contributed by atoms with Crippen molar-refractivity contribution in [3.8, 4) is 0 Å². The van der Waals surface area contributed by atoms with Crippen LogP contribution in [0.25, 0.3) is 0 Å². The number of benzene rings is 3. The van der Waals surface area contributed by atoms with Crippen molar-refractivity contribution in [3.63, 3.8) is 0 Å². The van der Waals surface area contributed by atoms with Crippen LogP contribution >= 0.6 is 23.4 Å². The van der Waals surface area contributed by atoms with Gasteiger partial charge in [0.1, 0.15) is 6.04 Å². The normalized spacial score (nSPS) is 12.2. The summed E-state index contributed by atoms with van der Waals surface area (Å²) in [5, 5.41) is 3.68. The SMILES string of the molecule is Cc1cc(C)cc(CSCC(=O)N(Cc2ccccc2Cl)[C@@H](Cc2ccccc2)C(=O)NC(C)(C)C)c1. The second-order valence-corrected chi connectivity index (χ2v) is 11.9. The largest absolute Gasteiger partial charge is 0.350 e. The van der Waals surface area contributed by atoms with E-state index in [4.69, 9.17) is 11.6 Å². The fourth-order valence-electron chi connectivity index (χ4n) is 4.31. The molecular weight excluding hydrogens is 500 g/mol. The number of amides is 2. The maximum absolute atomic E-state index is 13.8. The molecular formula is C31H37ClN2O2S. The summed E-state index contributed by atoms with van der Waals surface area (Å²) in [4.78, 5) is 29.1. The van der Waals surface area contributed by atoms with Crippen LogP contribution in [0.3, 0.4) is 0 Å². The van der Waals surface area contributed by atoms with Gasteiger partial charge in [-0.2, -0.15) is 0 Å². The first-order chi connectivity index (χ1) is 17.5. The van der Waals surface area contributed by atoms with Crippen molar-refractivity contribution in [2.24, 2.45) is 0 Å². The topological polar surface area (TPSA) is 49.4 Å². The van der Waals surface area contributed by atoms with Crippen LogP contribution in [0.15, 0.2) is 72.8 Å². The molecule has 0 aliphatic rings. The van der Waals surface area contributed by atoms with Gasteiger partial charge in [0.15, 0.2) is 0 Å². The molecule has 0 heterocycles. The van der Waals surface area contributed by atoms with Gasteiger partial charge in [-0.05, 0) is 57.4 Å². The highest BCUT2D eigenvalue weighted by Crippen LogP contribution is 2.23. The third-order valence-electron chi connectivity index (χ3n) is 5.84. The molecule has 0 saturated carbocycles. The highest BCUT2D eigenvalue weighted by Gasteiger charge is 2.32. The maximum Gasteiger partial charge on any atom is 0.243 e. The molecule has 2 amide bonds. The van der Waals surface area contributed by atoms with Crippen LogP contribution in [-0.2, 0) is 28.3 Å². The number of thioether (sulfide) groups is 1. The second kappa shape index (κ2) is 13.2. The zero-order valence-corrected chi connectivity index (χ0v) is 24.0. The summed E-state index contributed by atoms with van der Waals surface area (Å²) in [6, 6.07) is 23.1.